The molecule has 0 aromatic carbocycles. The first-order chi connectivity index (χ1) is 6.60. The van der Waals surface area contributed by atoms with Crippen molar-refractivity contribution in [2.75, 3.05) is 19.8 Å². The largest absolute Gasteiger partial charge is 0.395 e. The Morgan fingerprint density at radius 2 is 2.14 bits per heavy atom. The summed E-state index contributed by atoms with van der Waals surface area (Å²) in [5.74, 6) is -0.947. The molecule has 2 aliphatic rings. The molecule has 80 valence electrons. The second-order valence-electron chi connectivity index (χ2n) is 4.26. The molecule has 4 heteroatoms. The summed E-state index contributed by atoms with van der Waals surface area (Å²) in [6.07, 6.45) is 2.29. The number of aliphatic hydroxyl groups excluding tert-OH is 1. The van der Waals surface area contributed by atoms with Gasteiger partial charge in [0.15, 0.2) is 5.79 Å². The predicted octanol–water partition coefficient (Wildman–Crippen LogP) is 1.38. The van der Waals surface area contributed by atoms with Gasteiger partial charge in [-0.25, -0.2) is 4.39 Å². The maximum atomic E-state index is 13.5. The van der Waals surface area contributed by atoms with Gasteiger partial charge in [-0.1, -0.05) is 6.92 Å². The highest BCUT2D eigenvalue weighted by Crippen LogP contribution is 2.45. The van der Waals surface area contributed by atoms with E-state index in [-0.39, 0.29) is 12.4 Å². The maximum absolute atomic E-state index is 13.5. The Balaban J connectivity index is 2.22. The van der Waals surface area contributed by atoms with Crippen LogP contribution in [0.25, 0.3) is 0 Å². The summed E-state index contributed by atoms with van der Waals surface area (Å²) < 4.78 is 24.4. The van der Waals surface area contributed by atoms with Crippen molar-refractivity contribution >= 4 is 0 Å². The molecule has 1 heterocycles. The first kappa shape index (κ1) is 10.1. The molecule has 0 unspecified atom stereocenters. The first-order valence-corrected chi connectivity index (χ1v) is 4.85. The van der Waals surface area contributed by atoms with E-state index in [0.29, 0.717) is 26.1 Å². The zero-order valence-electron chi connectivity index (χ0n) is 8.25. The average Bonchev–Trinajstić information content (AvgIpc) is 2.61. The Kier molecular flexibility index (Phi) is 2.37. The van der Waals surface area contributed by atoms with Crippen molar-refractivity contribution in [3.05, 3.63) is 11.9 Å². The van der Waals surface area contributed by atoms with Crippen LogP contribution in [0.5, 0.6) is 0 Å². The maximum Gasteiger partial charge on any atom is 0.173 e. The zero-order chi connectivity index (χ0) is 10.2. The van der Waals surface area contributed by atoms with Crippen molar-refractivity contribution in [1.82, 2.24) is 0 Å². The van der Waals surface area contributed by atoms with Gasteiger partial charge in [-0.3, -0.25) is 0 Å². The minimum Gasteiger partial charge on any atom is -0.395 e. The summed E-state index contributed by atoms with van der Waals surface area (Å²) in [5.41, 5.74) is -0.845. The van der Waals surface area contributed by atoms with Crippen molar-refractivity contribution in [2.24, 2.45) is 5.41 Å². The van der Waals surface area contributed by atoms with Gasteiger partial charge in [0.1, 0.15) is 5.83 Å². The summed E-state index contributed by atoms with van der Waals surface area (Å²) in [6.45, 7) is 2.57. The molecule has 0 aromatic heterocycles. The number of hydrogen-bond donors (Lipinski definition) is 1. The third-order valence-corrected chi connectivity index (χ3v) is 2.99. The molecular formula is C10H15FO3. The van der Waals surface area contributed by atoms with Crippen LogP contribution in [0.4, 0.5) is 4.39 Å². The smallest absolute Gasteiger partial charge is 0.173 e. The van der Waals surface area contributed by atoms with E-state index >= 15 is 0 Å². The lowest BCUT2D eigenvalue weighted by atomic mass is 9.77. The van der Waals surface area contributed by atoms with Crippen LogP contribution in [-0.4, -0.2) is 30.7 Å². The van der Waals surface area contributed by atoms with Crippen molar-refractivity contribution in [3.8, 4) is 0 Å². The van der Waals surface area contributed by atoms with Crippen LogP contribution in [0.1, 0.15) is 19.8 Å². The fourth-order valence-electron chi connectivity index (χ4n) is 2.09. The third kappa shape index (κ3) is 1.47. The fourth-order valence-corrected chi connectivity index (χ4v) is 2.09. The monoisotopic (exact) mass is 202 g/mol. The normalized spacial score (nSPS) is 36.1. The molecule has 2 rings (SSSR count). The van der Waals surface area contributed by atoms with Crippen LogP contribution in [0, 0.1) is 5.41 Å². The fraction of sp³-hybridized carbons (Fsp3) is 0.800. The van der Waals surface area contributed by atoms with Gasteiger partial charge < -0.3 is 14.6 Å². The quantitative estimate of drug-likeness (QED) is 0.698. The molecular weight excluding hydrogens is 187 g/mol. The third-order valence-electron chi connectivity index (χ3n) is 2.99. The Morgan fingerprint density at radius 3 is 2.71 bits per heavy atom. The van der Waals surface area contributed by atoms with E-state index in [9.17, 15) is 9.50 Å². The predicted molar refractivity (Wildman–Crippen MR) is 48.3 cm³/mol. The van der Waals surface area contributed by atoms with Gasteiger partial charge in [-0.05, 0) is 6.08 Å². The van der Waals surface area contributed by atoms with E-state index in [4.69, 9.17) is 9.47 Å². The topological polar surface area (TPSA) is 38.7 Å². The minimum atomic E-state index is -0.845. The van der Waals surface area contributed by atoms with Crippen molar-refractivity contribution in [2.45, 2.75) is 25.6 Å². The molecule has 0 bridgehead atoms. The Morgan fingerprint density at radius 1 is 1.50 bits per heavy atom. The van der Waals surface area contributed by atoms with Crippen LogP contribution in [0.2, 0.25) is 0 Å². The molecule has 1 N–H and O–H groups in total. The number of aliphatic hydroxyl groups is 1. The van der Waals surface area contributed by atoms with E-state index in [1.54, 1.807) is 6.92 Å². The van der Waals surface area contributed by atoms with Crippen LogP contribution >= 0.6 is 0 Å². The molecule has 3 nitrogen and oxygen atoms in total. The standard InChI is InChI=1S/C10H15FO3/c1-9(7-12)6-10(3-2-8(9)11)13-4-5-14-10/h2,12H,3-7H2,1H3/t9-/m0/s1. The van der Waals surface area contributed by atoms with E-state index in [1.807, 2.05) is 0 Å². The van der Waals surface area contributed by atoms with Crippen LogP contribution in [-0.2, 0) is 9.47 Å². The SMILES string of the molecule is C[C@@]1(CO)CC2(CC=C1F)OCCO2. The van der Waals surface area contributed by atoms with Crippen molar-refractivity contribution in [1.29, 1.82) is 0 Å². The summed E-state index contributed by atoms with van der Waals surface area (Å²) in [5, 5.41) is 9.17. The molecule has 1 fully saturated rings. The molecule has 0 saturated carbocycles. The van der Waals surface area contributed by atoms with Crippen molar-refractivity contribution in [3.63, 3.8) is 0 Å². The van der Waals surface area contributed by atoms with E-state index < -0.39 is 11.2 Å². The van der Waals surface area contributed by atoms with Gasteiger partial charge in [0.25, 0.3) is 0 Å². The number of hydrogen-bond acceptors (Lipinski definition) is 3. The summed E-state index contributed by atoms with van der Waals surface area (Å²) in [7, 11) is 0. The molecule has 0 amide bonds. The number of ether oxygens (including phenoxy) is 2. The Labute approximate surface area is 82.5 Å². The highest BCUT2D eigenvalue weighted by atomic mass is 19.1. The van der Waals surface area contributed by atoms with E-state index in [2.05, 4.69) is 0 Å². The van der Waals surface area contributed by atoms with E-state index in [0.717, 1.165) is 0 Å². The van der Waals surface area contributed by atoms with Gasteiger partial charge in [-0.15, -0.1) is 0 Å². The minimum absolute atomic E-state index is 0.218. The zero-order valence-corrected chi connectivity index (χ0v) is 8.25. The van der Waals surface area contributed by atoms with Gasteiger partial charge in [-0.2, -0.15) is 0 Å². The molecule has 1 aliphatic heterocycles. The molecule has 1 saturated heterocycles. The summed E-state index contributed by atoms with van der Waals surface area (Å²) in [6, 6.07) is 0. The van der Waals surface area contributed by atoms with Crippen LogP contribution in [0.15, 0.2) is 11.9 Å². The number of rotatable bonds is 1. The first-order valence-electron chi connectivity index (χ1n) is 4.85. The molecule has 1 aliphatic carbocycles. The molecule has 14 heavy (non-hydrogen) atoms. The highest BCUT2D eigenvalue weighted by Gasteiger charge is 2.47. The Hall–Kier alpha value is -0.450. The summed E-state index contributed by atoms with van der Waals surface area (Å²) >= 11 is 0. The van der Waals surface area contributed by atoms with Crippen LogP contribution < -0.4 is 0 Å². The van der Waals surface area contributed by atoms with Gasteiger partial charge in [0.2, 0.25) is 0 Å². The van der Waals surface area contributed by atoms with Gasteiger partial charge in [0.05, 0.1) is 19.8 Å². The van der Waals surface area contributed by atoms with Gasteiger partial charge >= 0.3 is 0 Å². The molecule has 0 radical (unpaired) electrons. The molecule has 1 spiro atoms. The second-order valence-corrected chi connectivity index (χ2v) is 4.26. The average molecular weight is 202 g/mol. The van der Waals surface area contributed by atoms with Crippen molar-refractivity contribution < 1.29 is 19.0 Å². The second kappa shape index (κ2) is 3.29. The highest BCUT2D eigenvalue weighted by molar-refractivity contribution is 5.13. The van der Waals surface area contributed by atoms with Gasteiger partial charge in [0, 0.05) is 18.3 Å². The lowest BCUT2D eigenvalue weighted by Gasteiger charge is -2.39. The van der Waals surface area contributed by atoms with Crippen LogP contribution in [0.3, 0.4) is 0 Å². The Bertz CT molecular complexity index is 258. The summed E-state index contributed by atoms with van der Waals surface area (Å²) in [4.78, 5) is 0. The van der Waals surface area contributed by atoms with E-state index in [1.165, 1.54) is 6.08 Å². The lowest BCUT2D eigenvalue weighted by Crippen LogP contribution is -2.41. The number of halogens is 1. The molecule has 0 aromatic rings. The lowest BCUT2D eigenvalue weighted by molar-refractivity contribution is -0.184. The molecule has 1 atom stereocenters.